The molecule has 0 bridgehead atoms. The van der Waals surface area contributed by atoms with Crippen molar-refractivity contribution in [3.05, 3.63) is 54.1 Å². The highest BCUT2D eigenvalue weighted by atomic mass is 32.2. The number of hydrazine groups is 1. The average molecular weight is 393 g/mol. The van der Waals surface area contributed by atoms with Crippen LogP contribution in [0.3, 0.4) is 0 Å². The number of nitrogens with zero attached hydrogens (tertiary/aromatic N) is 6. The highest BCUT2D eigenvalue weighted by Gasteiger charge is 2.34. The molecule has 1 aliphatic rings. The number of hydrogen-bond acceptors (Lipinski definition) is 8. The van der Waals surface area contributed by atoms with E-state index in [0.717, 1.165) is 22.3 Å². The van der Waals surface area contributed by atoms with Gasteiger partial charge in [-0.15, -0.1) is 16.9 Å². The number of benzene rings is 2. The van der Waals surface area contributed by atoms with Gasteiger partial charge in [0.25, 0.3) is 5.91 Å². The van der Waals surface area contributed by atoms with Gasteiger partial charge in [-0.05, 0) is 40.3 Å². The number of aromatic nitrogens is 5. The minimum Gasteiger partial charge on any atom is -0.497 e. The van der Waals surface area contributed by atoms with Gasteiger partial charge in [0.1, 0.15) is 11.1 Å². The first kappa shape index (κ1) is 16.8. The first-order valence-corrected chi connectivity index (χ1v) is 9.60. The lowest BCUT2D eigenvalue weighted by Crippen LogP contribution is -2.34. The van der Waals surface area contributed by atoms with Crippen molar-refractivity contribution < 1.29 is 9.53 Å². The zero-order valence-electron chi connectivity index (χ0n) is 14.8. The lowest BCUT2D eigenvalue weighted by atomic mass is 10.2. The maximum Gasteiger partial charge on any atom is 0.252 e. The Labute approximate surface area is 163 Å². The molecule has 1 fully saturated rings. The number of nitrogens with one attached hydrogen (secondary N) is 1. The van der Waals surface area contributed by atoms with E-state index >= 15 is 0 Å². The van der Waals surface area contributed by atoms with E-state index in [9.17, 15) is 4.79 Å². The van der Waals surface area contributed by atoms with Crippen molar-refractivity contribution in [2.24, 2.45) is 0 Å². The topological polar surface area (TPSA) is 97.5 Å². The van der Waals surface area contributed by atoms with Gasteiger partial charge in [-0.3, -0.25) is 10.2 Å². The SMILES string of the molecule is COc1ccc(C2SCC(=O)N2Nc2nc3ccccc3n3nnnc23)cc1. The fourth-order valence-electron chi connectivity index (χ4n) is 3.15. The molecule has 1 saturated heterocycles. The van der Waals surface area contributed by atoms with E-state index in [4.69, 9.17) is 4.74 Å². The molecule has 5 rings (SSSR count). The molecular weight excluding hydrogens is 378 g/mol. The van der Waals surface area contributed by atoms with Crippen LogP contribution in [-0.2, 0) is 4.79 Å². The predicted molar refractivity (Wildman–Crippen MR) is 105 cm³/mol. The minimum absolute atomic E-state index is 0.0357. The molecule has 1 aliphatic heterocycles. The second-order valence-corrected chi connectivity index (χ2v) is 7.24. The van der Waals surface area contributed by atoms with Gasteiger partial charge >= 0.3 is 0 Å². The Morgan fingerprint density at radius 2 is 2.00 bits per heavy atom. The van der Waals surface area contributed by atoms with E-state index in [-0.39, 0.29) is 11.3 Å². The number of hydrogen-bond donors (Lipinski definition) is 1. The Morgan fingerprint density at radius 3 is 2.82 bits per heavy atom. The number of rotatable bonds is 4. The number of anilines is 1. The third kappa shape index (κ3) is 2.69. The van der Waals surface area contributed by atoms with Gasteiger partial charge < -0.3 is 4.74 Å². The van der Waals surface area contributed by atoms with Crippen molar-refractivity contribution in [3.8, 4) is 5.75 Å². The number of fused-ring (bicyclic) bond motifs is 3. The Morgan fingerprint density at radius 1 is 1.18 bits per heavy atom. The summed E-state index contributed by atoms with van der Waals surface area (Å²) in [5, 5.41) is 13.3. The fraction of sp³-hybridized carbons (Fsp3) is 0.167. The summed E-state index contributed by atoms with van der Waals surface area (Å²) in [7, 11) is 1.62. The number of ether oxygens (including phenoxy) is 1. The van der Waals surface area contributed by atoms with Gasteiger partial charge in [-0.25, -0.2) is 9.99 Å². The first-order chi connectivity index (χ1) is 13.7. The van der Waals surface area contributed by atoms with Crippen molar-refractivity contribution in [1.82, 2.24) is 30.0 Å². The van der Waals surface area contributed by atoms with Crippen LogP contribution in [0.4, 0.5) is 5.82 Å². The Hall–Kier alpha value is -3.40. The molecule has 4 aromatic rings. The Bertz CT molecular complexity index is 1180. The zero-order valence-corrected chi connectivity index (χ0v) is 15.6. The molecule has 0 saturated carbocycles. The monoisotopic (exact) mass is 393 g/mol. The summed E-state index contributed by atoms with van der Waals surface area (Å²) in [6, 6.07) is 15.2. The van der Waals surface area contributed by atoms with Crippen LogP contribution in [0.25, 0.3) is 16.7 Å². The molecule has 0 aliphatic carbocycles. The zero-order chi connectivity index (χ0) is 19.1. The second-order valence-electron chi connectivity index (χ2n) is 6.18. The summed E-state index contributed by atoms with van der Waals surface area (Å²) < 4.78 is 6.83. The van der Waals surface area contributed by atoms with Crippen LogP contribution in [0.15, 0.2) is 48.5 Å². The van der Waals surface area contributed by atoms with Crippen molar-refractivity contribution in [1.29, 1.82) is 0 Å². The average Bonchev–Trinajstić information content (AvgIpc) is 3.36. The van der Waals surface area contributed by atoms with E-state index in [2.05, 4.69) is 25.9 Å². The maximum absolute atomic E-state index is 12.6. The van der Waals surface area contributed by atoms with E-state index in [1.165, 1.54) is 0 Å². The largest absolute Gasteiger partial charge is 0.497 e. The molecule has 10 heteroatoms. The predicted octanol–water partition coefficient (Wildman–Crippen LogP) is 2.28. The molecular formula is C18H15N7O2S. The number of carbonyl (C=O) groups excluding carboxylic acids is 1. The molecule has 0 radical (unpaired) electrons. The smallest absolute Gasteiger partial charge is 0.252 e. The quantitative estimate of drug-likeness (QED) is 0.564. The minimum atomic E-state index is -0.192. The summed E-state index contributed by atoms with van der Waals surface area (Å²) in [5.74, 6) is 1.54. The molecule has 1 atom stereocenters. The third-order valence-corrected chi connectivity index (χ3v) is 5.73. The van der Waals surface area contributed by atoms with Gasteiger partial charge in [0.2, 0.25) is 5.65 Å². The summed E-state index contributed by atoms with van der Waals surface area (Å²) in [6.07, 6.45) is 0. The van der Waals surface area contributed by atoms with E-state index in [0.29, 0.717) is 17.2 Å². The first-order valence-electron chi connectivity index (χ1n) is 8.56. The molecule has 0 spiro atoms. The van der Waals surface area contributed by atoms with E-state index < -0.39 is 0 Å². The van der Waals surface area contributed by atoms with Crippen LogP contribution in [0.2, 0.25) is 0 Å². The van der Waals surface area contributed by atoms with Crippen LogP contribution in [0.5, 0.6) is 5.75 Å². The lowest BCUT2D eigenvalue weighted by Gasteiger charge is -2.25. The molecule has 1 amide bonds. The van der Waals surface area contributed by atoms with Gasteiger partial charge in [-0.2, -0.15) is 4.52 Å². The van der Waals surface area contributed by atoms with Crippen LogP contribution in [-0.4, -0.2) is 48.8 Å². The van der Waals surface area contributed by atoms with Crippen LogP contribution < -0.4 is 10.2 Å². The van der Waals surface area contributed by atoms with Gasteiger partial charge in [0.15, 0.2) is 5.82 Å². The molecule has 1 unspecified atom stereocenters. The molecule has 9 nitrogen and oxygen atoms in total. The summed E-state index contributed by atoms with van der Waals surface area (Å²) in [4.78, 5) is 17.2. The summed E-state index contributed by atoms with van der Waals surface area (Å²) in [6.45, 7) is 0. The summed E-state index contributed by atoms with van der Waals surface area (Å²) >= 11 is 1.54. The van der Waals surface area contributed by atoms with E-state index in [1.54, 1.807) is 28.4 Å². The van der Waals surface area contributed by atoms with Crippen molar-refractivity contribution in [3.63, 3.8) is 0 Å². The molecule has 28 heavy (non-hydrogen) atoms. The lowest BCUT2D eigenvalue weighted by molar-refractivity contribution is -0.126. The van der Waals surface area contributed by atoms with Crippen molar-refractivity contribution in [2.45, 2.75) is 5.37 Å². The number of thioether (sulfide) groups is 1. The molecule has 2 aromatic heterocycles. The van der Waals surface area contributed by atoms with Crippen LogP contribution >= 0.6 is 11.8 Å². The molecule has 140 valence electrons. The number of carbonyl (C=O) groups is 1. The standard InChI is InChI=1S/C18H15N7O2S/c1-27-12-8-6-11(7-9-12)18-25(15(26)10-28-18)21-16-17-20-22-23-24(17)14-5-3-2-4-13(14)19-16/h2-9,18H,10H2,1H3,(H,19,21). The maximum atomic E-state index is 12.6. The normalized spacial score (nSPS) is 16.8. The molecule has 2 aromatic carbocycles. The molecule has 3 heterocycles. The highest BCUT2D eigenvalue weighted by molar-refractivity contribution is 8.00. The van der Waals surface area contributed by atoms with Crippen molar-refractivity contribution in [2.75, 3.05) is 18.3 Å². The van der Waals surface area contributed by atoms with E-state index in [1.807, 2.05) is 48.5 Å². The van der Waals surface area contributed by atoms with Crippen LogP contribution in [0.1, 0.15) is 10.9 Å². The van der Waals surface area contributed by atoms with Crippen LogP contribution in [0, 0.1) is 0 Å². The number of amides is 1. The second kappa shape index (κ2) is 6.64. The third-order valence-electron chi connectivity index (χ3n) is 4.52. The Balaban J connectivity index is 1.54. The number of para-hydroxylation sites is 2. The van der Waals surface area contributed by atoms with Crippen molar-refractivity contribution >= 4 is 40.2 Å². The number of methoxy groups -OCH3 is 1. The van der Waals surface area contributed by atoms with Gasteiger partial charge in [0, 0.05) is 0 Å². The van der Waals surface area contributed by atoms with Gasteiger partial charge in [0.05, 0.1) is 23.9 Å². The van der Waals surface area contributed by atoms with Gasteiger partial charge in [-0.1, -0.05) is 24.3 Å². The fourth-order valence-corrected chi connectivity index (χ4v) is 4.26. The highest BCUT2D eigenvalue weighted by Crippen LogP contribution is 2.39. The summed E-state index contributed by atoms with van der Waals surface area (Å²) in [5.41, 5.74) is 6.11. The Kier molecular flexibility index (Phi) is 3.97. The molecule has 1 N–H and O–H groups in total. The number of tetrazole rings is 1.